The Bertz CT molecular complexity index is 873. The number of piperidine rings is 1. The van der Waals surface area contributed by atoms with E-state index in [1.165, 1.54) is 11.3 Å². The zero-order valence-corrected chi connectivity index (χ0v) is 17.3. The molecule has 2 N–H and O–H groups in total. The highest BCUT2D eigenvalue weighted by Crippen LogP contribution is 2.15. The molecule has 29 heavy (non-hydrogen) atoms. The molecule has 9 heteroatoms. The molecule has 3 amide bonds. The van der Waals surface area contributed by atoms with Crippen molar-refractivity contribution in [3.8, 4) is 5.75 Å². The van der Waals surface area contributed by atoms with Gasteiger partial charge in [-0.1, -0.05) is 0 Å². The fourth-order valence-electron chi connectivity index (χ4n) is 3.19. The van der Waals surface area contributed by atoms with Gasteiger partial charge in [0.25, 0.3) is 11.8 Å². The maximum atomic E-state index is 12.3. The fourth-order valence-corrected chi connectivity index (χ4v) is 3.90. The Labute approximate surface area is 173 Å². The molecule has 1 aliphatic rings. The maximum absolute atomic E-state index is 12.3. The van der Waals surface area contributed by atoms with Gasteiger partial charge in [-0.2, -0.15) is 0 Å². The normalized spacial score (nSPS) is 15.0. The molecule has 2 heterocycles. The Morgan fingerprint density at radius 1 is 1.17 bits per heavy atom. The summed E-state index contributed by atoms with van der Waals surface area (Å²) in [7, 11) is 1.55. The molecule has 154 valence electrons. The van der Waals surface area contributed by atoms with Gasteiger partial charge in [-0.25, -0.2) is 4.98 Å². The van der Waals surface area contributed by atoms with Crippen LogP contribution in [0, 0.1) is 6.92 Å². The third-order valence-electron chi connectivity index (χ3n) is 4.85. The highest BCUT2D eigenvalue weighted by atomic mass is 32.1. The monoisotopic (exact) mass is 416 g/mol. The summed E-state index contributed by atoms with van der Waals surface area (Å²) in [5.41, 5.74) is 2.81. The molecule has 0 bridgehead atoms. The minimum absolute atomic E-state index is 0.0734. The Kier molecular flexibility index (Phi) is 6.95. The van der Waals surface area contributed by atoms with Crippen molar-refractivity contribution in [2.75, 3.05) is 26.7 Å². The number of nitrogens with zero attached hydrogens (tertiary/aromatic N) is 2. The summed E-state index contributed by atoms with van der Waals surface area (Å²) in [6.07, 6.45) is 1.51. The van der Waals surface area contributed by atoms with Crippen molar-refractivity contribution >= 4 is 29.1 Å². The van der Waals surface area contributed by atoms with Crippen LogP contribution in [-0.2, 0) is 4.79 Å². The Morgan fingerprint density at radius 3 is 2.45 bits per heavy atom. The number of hydrogen-bond acceptors (Lipinski definition) is 7. The van der Waals surface area contributed by atoms with Crippen molar-refractivity contribution in [3.05, 3.63) is 45.9 Å². The van der Waals surface area contributed by atoms with Crippen LogP contribution in [0.25, 0.3) is 0 Å². The first-order valence-corrected chi connectivity index (χ1v) is 10.3. The van der Waals surface area contributed by atoms with Crippen molar-refractivity contribution in [1.82, 2.24) is 20.5 Å². The first kappa shape index (κ1) is 20.9. The van der Waals surface area contributed by atoms with Gasteiger partial charge in [-0.05, 0) is 44.0 Å². The van der Waals surface area contributed by atoms with Gasteiger partial charge in [0, 0.05) is 24.7 Å². The van der Waals surface area contributed by atoms with E-state index in [0.29, 0.717) is 29.3 Å². The summed E-state index contributed by atoms with van der Waals surface area (Å²) >= 11 is 1.34. The molecule has 1 fully saturated rings. The lowest BCUT2D eigenvalue weighted by Gasteiger charge is -2.31. The second-order valence-corrected chi connectivity index (χ2v) is 7.75. The van der Waals surface area contributed by atoms with Crippen molar-refractivity contribution in [3.63, 3.8) is 0 Å². The minimum Gasteiger partial charge on any atom is -0.497 e. The van der Waals surface area contributed by atoms with Gasteiger partial charge in [-0.15, -0.1) is 11.3 Å². The number of carbonyl (C=O) groups is 3. The van der Waals surface area contributed by atoms with E-state index in [2.05, 4.69) is 15.6 Å². The third-order valence-corrected chi connectivity index (χ3v) is 5.77. The van der Waals surface area contributed by atoms with Crippen LogP contribution in [0.3, 0.4) is 0 Å². The number of ether oxygens (including phenoxy) is 1. The first-order chi connectivity index (χ1) is 14.0. The summed E-state index contributed by atoms with van der Waals surface area (Å²) in [6.45, 7) is 3.32. The molecule has 0 radical (unpaired) electrons. The quantitative estimate of drug-likeness (QED) is 0.742. The second-order valence-electron chi connectivity index (χ2n) is 6.90. The van der Waals surface area contributed by atoms with E-state index in [-0.39, 0.29) is 24.4 Å². The van der Waals surface area contributed by atoms with Crippen molar-refractivity contribution < 1.29 is 19.1 Å². The molecule has 3 rings (SSSR count). The van der Waals surface area contributed by atoms with Gasteiger partial charge in [0.05, 0.1) is 24.9 Å². The Balaban J connectivity index is 1.41. The van der Waals surface area contributed by atoms with E-state index < -0.39 is 5.91 Å². The second kappa shape index (κ2) is 9.62. The number of imide groups is 1. The molecule has 0 atom stereocenters. The van der Waals surface area contributed by atoms with Crippen LogP contribution in [0.4, 0.5) is 0 Å². The number of rotatable bonds is 6. The van der Waals surface area contributed by atoms with Crippen LogP contribution in [0.5, 0.6) is 5.75 Å². The number of nitrogens with one attached hydrogen (secondary N) is 2. The van der Waals surface area contributed by atoms with E-state index >= 15 is 0 Å². The van der Waals surface area contributed by atoms with E-state index in [1.807, 2.05) is 11.8 Å². The van der Waals surface area contributed by atoms with E-state index in [9.17, 15) is 14.4 Å². The Hall–Kier alpha value is -2.78. The lowest BCUT2D eigenvalue weighted by atomic mass is 10.0. The van der Waals surface area contributed by atoms with Gasteiger partial charge in [0.2, 0.25) is 5.91 Å². The summed E-state index contributed by atoms with van der Waals surface area (Å²) in [5.74, 6) is -0.215. The highest BCUT2D eigenvalue weighted by Gasteiger charge is 2.24. The number of amides is 3. The SMILES string of the molecule is COc1ccc(C(=O)NC(=O)CN2CCC(NC(=O)c3scnc3C)CC2)cc1. The van der Waals surface area contributed by atoms with Crippen LogP contribution >= 0.6 is 11.3 Å². The summed E-state index contributed by atoms with van der Waals surface area (Å²) in [4.78, 5) is 43.4. The van der Waals surface area contributed by atoms with E-state index in [0.717, 1.165) is 18.5 Å². The predicted molar refractivity (Wildman–Crippen MR) is 109 cm³/mol. The average Bonchev–Trinajstić information content (AvgIpc) is 3.15. The molecular formula is C20H24N4O4S. The molecule has 8 nitrogen and oxygen atoms in total. The number of thiazole rings is 1. The molecule has 0 unspecified atom stereocenters. The number of hydrogen-bond donors (Lipinski definition) is 2. The van der Waals surface area contributed by atoms with Crippen molar-refractivity contribution in [2.24, 2.45) is 0 Å². The molecule has 0 spiro atoms. The largest absolute Gasteiger partial charge is 0.497 e. The maximum Gasteiger partial charge on any atom is 0.263 e. The number of likely N-dealkylation sites (tertiary alicyclic amines) is 1. The van der Waals surface area contributed by atoms with E-state index in [1.54, 1.807) is 36.9 Å². The standard InChI is InChI=1S/C20H24N4O4S/c1-13-18(29-12-21-13)20(27)22-15-7-9-24(10-8-15)11-17(25)23-19(26)14-3-5-16(28-2)6-4-14/h3-6,12,15H,7-11H2,1-2H3,(H,22,27)(H,23,25,26). The lowest BCUT2D eigenvalue weighted by Crippen LogP contribution is -2.48. The first-order valence-electron chi connectivity index (χ1n) is 9.38. The smallest absolute Gasteiger partial charge is 0.263 e. The van der Waals surface area contributed by atoms with Crippen LogP contribution in [-0.4, -0.2) is 60.4 Å². The number of carbonyl (C=O) groups excluding carboxylic acids is 3. The molecule has 0 aliphatic carbocycles. The number of aromatic nitrogens is 1. The zero-order valence-electron chi connectivity index (χ0n) is 16.4. The summed E-state index contributed by atoms with van der Waals surface area (Å²) < 4.78 is 5.06. The summed E-state index contributed by atoms with van der Waals surface area (Å²) in [6, 6.07) is 6.64. The predicted octanol–water partition coefficient (Wildman–Crippen LogP) is 1.61. The molecule has 1 saturated heterocycles. The van der Waals surface area contributed by atoms with Gasteiger partial charge in [0.1, 0.15) is 10.6 Å². The molecule has 1 aromatic heterocycles. The molecule has 1 aromatic carbocycles. The van der Waals surface area contributed by atoms with Gasteiger partial charge in [0.15, 0.2) is 0 Å². The van der Waals surface area contributed by atoms with Gasteiger partial charge < -0.3 is 10.1 Å². The van der Waals surface area contributed by atoms with E-state index in [4.69, 9.17) is 4.74 Å². The number of benzene rings is 1. The van der Waals surface area contributed by atoms with Crippen molar-refractivity contribution in [2.45, 2.75) is 25.8 Å². The zero-order chi connectivity index (χ0) is 20.8. The number of methoxy groups -OCH3 is 1. The third kappa shape index (κ3) is 5.61. The lowest BCUT2D eigenvalue weighted by molar-refractivity contribution is -0.121. The fraction of sp³-hybridized carbons (Fsp3) is 0.400. The molecule has 2 aromatic rings. The van der Waals surface area contributed by atoms with Crippen LogP contribution in [0.2, 0.25) is 0 Å². The molecular weight excluding hydrogens is 392 g/mol. The summed E-state index contributed by atoms with van der Waals surface area (Å²) in [5, 5.41) is 5.45. The van der Waals surface area contributed by atoms with Crippen molar-refractivity contribution in [1.29, 1.82) is 0 Å². The van der Waals surface area contributed by atoms with Crippen LogP contribution in [0.15, 0.2) is 29.8 Å². The van der Waals surface area contributed by atoms with Crippen LogP contribution < -0.4 is 15.4 Å². The molecule has 0 saturated carbocycles. The number of aryl methyl sites for hydroxylation is 1. The van der Waals surface area contributed by atoms with Crippen LogP contribution in [0.1, 0.15) is 38.6 Å². The minimum atomic E-state index is -0.431. The van der Waals surface area contributed by atoms with Gasteiger partial charge >= 0.3 is 0 Å². The molecule has 1 aliphatic heterocycles. The average molecular weight is 417 g/mol. The highest BCUT2D eigenvalue weighted by molar-refractivity contribution is 7.11. The Morgan fingerprint density at radius 2 is 1.86 bits per heavy atom. The van der Waals surface area contributed by atoms with Gasteiger partial charge in [-0.3, -0.25) is 24.6 Å². The topological polar surface area (TPSA) is 101 Å².